The van der Waals surface area contributed by atoms with E-state index in [-0.39, 0.29) is 0 Å². The number of aromatic nitrogens is 2. The number of benzene rings is 1. The molecule has 3 rings (SSSR count). The molecule has 19 heavy (non-hydrogen) atoms. The molecular formula is C14H13BrClN3. The van der Waals surface area contributed by atoms with Crippen LogP contribution in [-0.2, 0) is 0 Å². The highest BCUT2D eigenvalue weighted by atomic mass is 79.9. The fourth-order valence-corrected chi connectivity index (χ4v) is 2.94. The Morgan fingerprint density at radius 2 is 2.00 bits per heavy atom. The van der Waals surface area contributed by atoms with Crippen molar-refractivity contribution in [2.75, 3.05) is 12.4 Å². The van der Waals surface area contributed by atoms with Crippen LogP contribution >= 0.6 is 27.5 Å². The lowest BCUT2D eigenvalue weighted by Crippen LogP contribution is -2.02. The third kappa shape index (κ3) is 2.47. The van der Waals surface area contributed by atoms with Crippen LogP contribution in [-0.4, -0.2) is 17.0 Å². The second-order valence-electron chi connectivity index (χ2n) is 4.60. The lowest BCUT2D eigenvalue weighted by Gasteiger charge is -2.11. The van der Waals surface area contributed by atoms with Gasteiger partial charge in [0.15, 0.2) is 5.82 Å². The van der Waals surface area contributed by atoms with Gasteiger partial charge in [0.1, 0.15) is 5.82 Å². The number of hydrogen-bond acceptors (Lipinski definition) is 3. The Labute approximate surface area is 125 Å². The molecular weight excluding hydrogens is 326 g/mol. The predicted octanol–water partition coefficient (Wildman–Crippen LogP) is 4.48. The minimum absolute atomic E-state index is 0.547. The SMILES string of the molecule is CNc1nc(-c2ccccc2Cl)nc(C2CC2)c1Br. The average molecular weight is 339 g/mol. The Hall–Kier alpha value is -1.13. The molecule has 0 amide bonds. The fraction of sp³-hybridized carbons (Fsp3) is 0.286. The summed E-state index contributed by atoms with van der Waals surface area (Å²) in [5, 5.41) is 3.78. The van der Waals surface area contributed by atoms with E-state index >= 15 is 0 Å². The van der Waals surface area contributed by atoms with Crippen molar-refractivity contribution in [2.45, 2.75) is 18.8 Å². The van der Waals surface area contributed by atoms with Crippen LogP contribution in [0.25, 0.3) is 11.4 Å². The Balaban J connectivity index is 2.16. The largest absolute Gasteiger partial charge is 0.372 e. The van der Waals surface area contributed by atoms with Gasteiger partial charge >= 0.3 is 0 Å². The number of hydrogen-bond donors (Lipinski definition) is 1. The van der Waals surface area contributed by atoms with Gasteiger partial charge < -0.3 is 5.32 Å². The van der Waals surface area contributed by atoms with E-state index in [4.69, 9.17) is 16.6 Å². The van der Waals surface area contributed by atoms with Gasteiger partial charge in [-0.15, -0.1) is 0 Å². The van der Waals surface area contributed by atoms with E-state index in [2.05, 4.69) is 26.2 Å². The van der Waals surface area contributed by atoms with Crippen molar-refractivity contribution in [2.24, 2.45) is 0 Å². The molecule has 1 fully saturated rings. The molecule has 0 aliphatic heterocycles. The van der Waals surface area contributed by atoms with Crippen LogP contribution in [0.2, 0.25) is 5.02 Å². The first kappa shape index (κ1) is 12.9. The van der Waals surface area contributed by atoms with Gasteiger partial charge in [-0.25, -0.2) is 9.97 Å². The molecule has 1 N–H and O–H groups in total. The highest BCUT2D eigenvalue weighted by Gasteiger charge is 2.29. The molecule has 0 spiro atoms. The van der Waals surface area contributed by atoms with Crippen molar-refractivity contribution in [3.05, 3.63) is 39.5 Å². The first-order valence-electron chi connectivity index (χ1n) is 6.20. The van der Waals surface area contributed by atoms with E-state index in [9.17, 15) is 0 Å². The van der Waals surface area contributed by atoms with Crippen LogP contribution in [0.1, 0.15) is 24.5 Å². The van der Waals surface area contributed by atoms with Crippen molar-refractivity contribution < 1.29 is 0 Å². The zero-order valence-electron chi connectivity index (χ0n) is 10.5. The van der Waals surface area contributed by atoms with Crippen LogP contribution in [0.5, 0.6) is 0 Å². The number of anilines is 1. The molecule has 1 aliphatic carbocycles. The standard InChI is InChI=1S/C14H13BrClN3/c1-17-14-11(15)12(8-6-7-8)18-13(19-14)9-4-2-3-5-10(9)16/h2-5,8H,6-7H2,1H3,(H,17,18,19). The maximum atomic E-state index is 6.23. The van der Waals surface area contributed by atoms with Crippen LogP contribution in [0.4, 0.5) is 5.82 Å². The van der Waals surface area contributed by atoms with E-state index in [0.717, 1.165) is 21.5 Å². The summed E-state index contributed by atoms with van der Waals surface area (Å²) in [6, 6.07) is 7.66. The van der Waals surface area contributed by atoms with E-state index in [1.54, 1.807) is 0 Å². The third-order valence-corrected chi connectivity index (χ3v) is 4.30. The summed E-state index contributed by atoms with van der Waals surface area (Å²) in [6.45, 7) is 0. The highest BCUT2D eigenvalue weighted by molar-refractivity contribution is 9.10. The molecule has 3 nitrogen and oxygen atoms in total. The molecule has 0 radical (unpaired) electrons. The smallest absolute Gasteiger partial charge is 0.163 e. The summed E-state index contributed by atoms with van der Waals surface area (Å²) in [6.07, 6.45) is 2.39. The fourth-order valence-electron chi connectivity index (χ4n) is 2.02. The van der Waals surface area contributed by atoms with Crippen molar-refractivity contribution in [1.29, 1.82) is 0 Å². The van der Waals surface area contributed by atoms with E-state index < -0.39 is 0 Å². The van der Waals surface area contributed by atoms with Crippen LogP contribution < -0.4 is 5.32 Å². The summed E-state index contributed by atoms with van der Waals surface area (Å²) >= 11 is 9.82. The zero-order valence-corrected chi connectivity index (χ0v) is 12.8. The predicted molar refractivity (Wildman–Crippen MR) is 81.7 cm³/mol. The minimum Gasteiger partial charge on any atom is -0.372 e. The maximum Gasteiger partial charge on any atom is 0.163 e. The Morgan fingerprint density at radius 1 is 1.26 bits per heavy atom. The van der Waals surface area contributed by atoms with Crippen molar-refractivity contribution in [3.63, 3.8) is 0 Å². The average Bonchev–Trinajstić information content (AvgIpc) is 3.24. The van der Waals surface area contributed by atoms with E-state index in [0.29, 0.717) is 16.8 Å². The van der Waals surface area contributed by atoms with Gasteiger partial charge in [0.2, 0.25) is 0 Å². The molecule has 98 valence electrons. The summed E-state index contributed by atoms with van der Waals surface area (Å²) in [7, 11) is 1.86. The minimum atomic E-state index is 0.547. The monoisotopic (exact) mass is 337 g/mol. The molecule has 0 saturated heterocycles. The first-order chi connectivity index (χ1) is 9.20. The molecule has 0 unspecified atom stereocenters. The van der Waals surface area contributed by atoms with Gasteiger partial charge in [-0.05, 0) is 40.9 Å². The van der Waals surface area contributed by atoms with Gasteiger partial charge in [-0.2, -0.15) is 0 Å². The Kier molecular flexibility index (Phi) is 3.46. The third-order valence-electron chi connectivity index (χ3n) is 3.19. The van der Waals surface area contributed by atoms with Gasteiger partial charge in [0.05, 0.1) is 15.2 Å². The topological polar surface area (TPSA) is 37.8 Å². The van der Waals surface area contributed by atoms with Gasteiger partial charge in [-0.1, -0.05) is 23.7 Å². The van der Waals surface area contributed by atoms with Crippen molar-refractivity contribution in [3.8, 4) is 11.4 Å². The number of nitrogens with one attached hydrogen (secondary N) is 1. The normalized spacial score (nSPS) is 14.5. The Morgan fingerprint density at radius 3 is 2.63 bits per heavy atom. The number of nitrogens with zero attached hydrogens (tertiary/aromatic N) is 2. The molecule has 5 heteroatoms. The molecule has 1 saturated carbocycles. The zero-order chi connectivity index (χ0) is 13.4. The van der Waals surface area contributed by atoms with E-state index in [1.165, 1.54) is 12.8 Å². The molecule has 1 aromatic carbocycles. The van der Waals surface area contributed by atoms with Crippen LogP contribution in [0.3, 0.4) is 0 Å². The second kappa shape index (κ2) is 5.10. The first-order valence-corrected chi connectivity index (χ1v) is 7.38. The summed E-state index contributed by atoms with van der Waals surface area (Å²) < 4.78 is 0.966. The molecule has 2 aromatic rings. The lowest BCUT2D eigenvalue weighted by atomic mass is 10.2. The van der Waals surface area contributed by atoms with E-state index in [1.807, 2.05) is 31.3 Å². The maximum absolute atomic E-state index is 6.23. The summed E-state index contributed by atoms with van der Waals surface area (Å²) in [4.78, 5) is 9.23. The van der Waals surface area contributed by atoms with Crippen LogP contribution in [0.15, 0.2) is 28.7 Å². The number of halogens is 2. The molecule has 1 aliphatic rings. The van der Waals surface area contributed by atoms with Crippen molar-refractivity contribution in [1.82, 2.24) is 9.97 Å². The molecule has 0 bridgehead atoms. The Bertz CT molecular complexity index is 626. The molecule has 0 atom stereocenters. The summed E-state index contributed by atoms with van der Waals surface area (Å²) in [5.41, 5.74) is 1.95. The second-order valence-corrected chi connectivity index (χ2v) is 5.80. The molecule has 1 aromatic heterocycles. The van der Waals surface area contributed by atoms with Crippen molar-refractivity contribution >= 4 is 33.3 Å². The van der Waals surface area contributed by atoms with Gasteiger partial charge in [-0.3, -0.25) is 0 Å². The lowest BCUT2D eigenvalue weighted by molar-refractivity contribution is 0.980. The van der Waals surface area contributed by atoms with Gasteiger partial charge in [0, 0.05) is 18.5 Å². The van der Waals surface area contributed by atoms with Crippen LogP contribution in [0, 0.1) is 0 Å². The quantitative estimate of drug-likeness (QED) is 0.896. The highest BCUT2D eigenvalue weighted by Crippen LogP contribution is 2.44. The molecule has 1 heterocycles. The number of rotatable bonds is 3. The summed E-state index contributed by atoms with van der Waals surface area (Å²) in [5.74, 6) is 2.04. The van der Waals surface area contributed by atoms with Gasteiger partial charge in [0.25, 0.3) is 0 Å².